The van der Waals surface area contributed by atoms with Crippen molar-refractivity contribution in [2.24, 2.45) is 28.6 Å². The molecular formula is C13H21N. The van der Waals surface area contributed by atoms with Gasteiger partial charge in [-0.15, -0.1) is 0 Å². The van der Waals surface area contributed by atoms with Gasteiger partial charge in [-0.3, -0.25) is 0 Å². The van der Waals surface area contributed by atoms with Crippen LogP contribution in [0, 0.1) is 28.6 Å². The second-order valence-corrected chi connectivity index (χ2v) is 6.61. The summed E-state index contributed by atoms with van der Waals surface area (Å²) in [7, 11) is 2.10. The Morgan fingerprint density at radius 3 is 2.36 bits per heavy atom. The largest absolute Gasteiger partial charge is 0.320 e. The van der Waals surface area contributed by atoms with E-state index in [0.29, 0.717) is 0 Å². The zero-order chi connectivity index (χ0) is 9.39. The van der Waals surface area contributed by atoms with Gasteiger partial charge in [-0.25, -0.2) is 0 Å². The van der Waals surface area contributed by atoms with Crippen molar-refractivity contribution >= 4 is 0 Å². The van der Waals surface area contributed by atoms with Crippen molar-refractivity contribution < 1.29 is 0 Å². The SMILES string of the molecule is CNCCC12CC3CC4CC(C1)C43C2. The number of hydrogen-bond acceptors (Lipinski definition) is 1. The molecule has 2 atom stereocenters. The van der Waals surface area contributed by atoms with Crippen molar-refractivity contribution in [1.29, 1.82) is 0 Å². The van der Waals surface area contributed by atoms with Crippen LogP contribution in [-0.2, 0) is 0 Å². The fourth-order valence-electron chi connectivity index (χ4n) is 5.92. The molecule has 1 nitrogen and oxygen atoms in total. The quantitative estimate of drug-likeness (QED) is 0.722. The summed E-state index contributed by atoms with van der Waals surface area (Å²) in [6.45, 7) is 1.25. The molecule has 4 rings (SSSR count). The molecule has 0 radical (unpaired) electrons. The summed E-state index contributed by atoms with van der Waals surface area (Å²) in [5, 5.41) is 3.35. The van der Waals surface area contributed by atoms with Crippen LogP contribution in [0.4, 0.5) is 0 Å². The molecule has 1 heteroatoms. The third-order valence-electron chi connectivity index (χ3n) is 6.36. The zero-order valence-electron chi connectivity index (χ0n) is 9.18. The Morgan fingerprint density at radius 1 is 1.14 bits per heavy atom. The minimum absolute atomic E-state index is 0.809. The summed E-state index contributed by atoms with van der Waals surface area (Å²) in [5.41, 5.74) is 1.75. The fourth-order valence-corrected chi connectivity index (χ4v) is 5.92. The molecule has 0 heterocycles. The van der Waals surface area contributed by atoms with Gasteiger partial charge in [-0.05, 0) is 80.7 Å². The monoisotopic (exact) mass is 191 g/mol. The normalized spacial score (nSPS) is 61.9. The van der Waals surface area contributed by atoms with Gasteiger partial charge in [0.05, 0.1) is 0 Å². The molecule has 2 unspecified atom stereocenters. The van der Waals surface area contributed by atoms with Gasteiger partial charge < -0.3 is 5.32 Å². The van der Waals surface area contributed by atoms with Gasteiger partial charge in [0.25, 0.3) is 0 Å². The van der Waals surface area contributed by atoms with Gasteiger partial charge >= 0.3 is 0 Å². The van der Waals surface area contributed by atoms with Gasteiger partial charge in [0.2, 0.25) is 0 Å². The number of nitrogens with one attached hydrogen (secondary N) is 1. The van der Waals surface area contributed by atoms with Crippen LogP contribution in [-0.4, -0.2) is 13.6 Å². The Kier molecular flexibility index (Phi) is 1.29. The molecule has 1 N–H and O–H groups in total. The van der Waals surface area contributed by atoms with E-state index in [9.17, 15) is 0 Å². The summed E-state index contributed by atoms with van der Waals surface area (Å²) < 4.78 is 0. The third kappa shape index (κ3) is 0.651. The Hall–Kier alpha value is -0.0400. The smallest absolute Gasteiger partial charge is 0.00466 e. The van der Waals surface area contributed by atoms with E-state index in [4.69, 9.17) is 0 Å². The lowest BCUT2D eigenvalue weighted by molar-refractivity contribution is -0.177. The van der Waals surface area contributed by atoms with Crippen LogP contribution in [0.3, 0.4) is 0 Å². The molecule has 78 valence electrons. The summed E-state index contributed by atoms with van der Waals surface area (Å²) in [4.78, 5) is 0. The zero-order valence-corrected chi connectivity index (χ0v) is 9.18. The first-order valence-corrected chi connectivity index (χ1v) is 6.44. The summed E-state index contributed by atoms with van der Waals surface area (Å²) in [6, 6.07) is 0. The van der Waals surface area contributed by atoms with E-state index in [1.54, 1.807) is 32.1 Å². The Labute approximate surface area is 86.6 Å². The third-order valence-corrected chi connectivity index (χ3v) is 6.36. The van der Waals surface area contributed by atoms with Crippen molar-refractivity contribution in [3.8, 4) is 0 Å². The van der Waals surface area contributed by atoms with E-state index >= 15 is 0 Å². The van der Waals surface area contributed by atoms with Crippen LogP contribution in [0.15, 0.2) is 0 Å². The van der Waals surface area contributed by atoms with E-state index in [2.05, 4.69) is 12.4 Å². The highest BCUT2D eigenvalue weighted by atomic mass is 14.8. The Morgan fingerprint density at radius 2 is 1.86 bits per heavy atom. The topological polar surface area (TPSA) is 12.0 Å². The molecule has 0 aromatic rings. The van der Waals surface area contributed by atoms with Gasteiger partial charge in [0, 0.05) is 0 Å². The highest BCUT2D eigenvalue weighted by Crippen LogP contribution is 2.84. The van der Waals surface area contributed by atoms with E-state index < -0.39 is 0 Å². The highest BCUT2D eigenvalue weighted by molar-refractivity contribution is 5.25. The molecule has 0 amide bonds. The second kappa shape index (κ2) is 2.21. The van der Waals surface area contributed by atoms with Crippen LogP contribution < -0.4 is 5.32 Å². The van der Waals surface area contributed by atoms with Crippen molar-refractivity contribution in [3.63, 3.8) is 0 Å². The van der Waals surface area contributed by atoms with Crippen LogP contribution in [0.5, 0.6) is 0 Å². The lowest BCUT2D eigenvalue weighted by Gasteiger charge is -2.66. The maximum Gasteiger partial charge on any atom is -0.00466 e. The standard InChI is InChI=1S/C13H21N/c1-14-3-2-12-6-10-4-9-5-11(7-12)13(9,10)8-12/h9-11,14H,2-8H2,1H3. The Bertz CT molecular complexity index is 267. The molecule has 0 saturated heterocycles. The van der Waals surface area contributed by atoms with Gasteiger partial charge in [-0.1, -0.05) is 0 Å². The molecule has 2 bridgehead atoms. The molecule has 4 fully saturated rings. The van der Waals surface area contributed by atoms with Crippen LogP contribution >= 0.6 is 0 Å². The predicted octanol–water partition coefficient (Wildman–Crippen LogP) is 2.42. The molecule has 1 spiro atoms. The van der Waals surface area contributed by atoms with Crippen LogP contribution in [0.1, 0.15) is 38.5 Å². The number of rotatable bonds is 3. The maximum absolute atomic E-state index is 3.35. The average molecular weight is 191 g/mol. The maximum atomic E-state index is 3.35. The molecule has 0 aromatic heterocycles. The first kappa shape index (κ1) is 8.15. The van der Waals surface area contributed by atoms with E-state index in [-0.39, 0.29) is 0 Å². The summed E-state index contributed by atoms with van der Waals surface area (Å²) >= 11 is 0. The Balaban J connectivity index is 1.61. The molecule has 14 heavy (non-hydrogen) atoms. The first-order valence-electron chi connectivity index (χ1n) is 6.44. The molecule has 4 aliphatic rings. The van der Waals surface area contributed by atoms with E-state index in [1.165, 1.54) is 30.7 Å². The summed E-state index contributed by atoms with van der Waals surface area (Å²) in [6.07, 6.45) is 9.51. The molecule has 4 aliphatic carbocycles. The van der Waals surface area contributed by atoms with Gasteiger partial charge in [-0.2, -0.15) is 0 Å². The van der Waals surface area contributed by atoms with Gasteiger partial charge in [0.15, 0.2) is 0 Å². The van der Waals surface area contributed by atoms with Crippen molar-refractivity contribution in [2.45, 2.75) is 38.5 Å². The van der Waals surface area contributed by atoms with E-state index in [0.717, 1.165) is 10.8 Å². The molecule has 0 aromatic carbocycles. The van der Waals surface area contributed by atoms with Crippen LogP contribution in [0.25, 0.3) is 0 Å². The fraction of sp³-hybridized carbons (Fsp3) is 1.00. The molecular weight excluding hydrogens is 170 g/mol. The highest BCUT2D eigenvalue weighted by Gasteiger charge is 2.76. The minimum atomic E-state index is 0.809. The predicted molar refractivity (Wildman–Crippen MR) is 57.0 cm³/mol. The van der Waals surface area contributed by atoms with Gasteiger partial charge in [0.1, 0.15) is 0 Å². The molecule has 0 aliphatic heterocycles. The average Bonchev–Trinajstić information content (AvgIpc) is 2.60. The summed E-state index contributed by atoms with van der Waals surface area (Å²) in [5.74, 6) is 3.55. The van der Waals surface area contributed by atoms with E-state index in [1.807, 2.05) is 0 Å². The van der Waals surface area contributed by atoms with Crippen molar-refractivity contribution in [3.05, 3.63) is 0 Å². The second-order valence-electron chi connectivity index (χ2n) is 6.61. The number of fused-ring (bicyclic) bond motifs is 1. The van der Waals surface area contributed by atoms with Crippen LogP contribution in [0.2, 0.25) is 0 Å². The molecule has 4 saturated carbocycles. The first-order chi connectivity index (χ1) is 6.79. The number of hydrogen-bond donors (Lipinski definition) is 1. The minimum Gasteiger partial charge on any atom is -0.320 e. The lowest BCUT2D eigenvalue weighted by atomic mass is 9.38. The van der Waals surface area contributed by atoms with Crippen molar-refractivity contribution in [2.75, 3.05) is 13.6 Å². The lowest BCUT2D eigenvalue weighted by Crippen LogP contribution is -2.59. The van der Waals surface area contributed by atoms with Crippen molar-refractivity contribution in [1.82, 2.24) is 5.32 Å².